The van der Waals surface area contributed by atoms with Crippen molar-refractivity contribution < 1.29 is 18.0 Å². The van der Waals surface area contributed by atoms with Gasteiger partial charge in [0, 0.05) is 55.0 Å². The molecule has 1 N–H and O–H groups in total. The first-order chi connectivity index (χ1) is 16.2. The van der Waals surface area contributed by atoms with Crippen molar-refractivity contribution in [3.63, 3.8) is 0 Å². The molecule has 0 radical (unpaired) electrons. The van der Waals surface area contributed by atoms with Gasteiger partial charge in [-0.25, -0.2) is 18.4 Å². The molecule has 8 nitrogen and oxygen atoms in total. The Hall–Kier alpha value is -3.33. The summed E-state index contributed by atoms with van der Waals surface area (Å²) in [6.07, 6.45) is 5.77. The van der Waals surface area contributed by atoms with Crippen molar-refractivity contribution in [1.29, 1.82) is 0 Å². The van der Waals surface area contributed by atoms with E-state index < -0.39 is 9.84 Å². The van der Waals surface area contributed by atoms with Gasteiger partial charge in [0.2, 0.25) is 5.91 Å². The van der Waals surface area contributed by atoms with Gasteiger partial charge in [0.15, 0.2) is 9.84 Å². The summed E-state index contributed by atoms with van der Waals surface area (Å²) in [6.45, 7) is 3.09. The van der Waals surface area contributed by atoms with Crippen LogP contribution in [0.5, 0.6) is 0 Å². The van der Waals surface area contributed by atoms with E-state index in [1.165, 1.54) is 6.26 Å². The molecule has 1 aromatic heterocycles. The lowest BCUT2D eigenvalue weighted by atomic mass is 9.94. The Morgan fingerprint density at radius 1 is 1.15 bits per heavy atom. The second-order valence-corrected chi connectivity index (χ2v) is 10.7. The van der Waals surface area contributed by atoms with Crippen LogP contribution < -0.4 is 5.32 Å². The minimum absolute atomic E-state index is 0.0321. The van der Waals surface area contributed by atoms with Gasteiger partial charge in [0.1, 0.15) is 5.82 Å². The maximum atomic E-state index is 13.0. The number of nitrogens with one attached hydrogen (secondary N) is 1. The molecule has 34 heavy (non-hydrogen) atoms. The molecule has 1 aliphatic rings. The van der Waals surface area contributed by atoms with Crippen LogP contribution in [0.1, 0.15) is 42.4 Å². The number of hydrogen-bond acceptors (Lipinski definition) is 6. The standard InChI is InChI=1S/C25H28N4O4S/c1-3-24(30)27-20-9-6-18(7-10-20)25(31)29-12-4-5-17(16-29)13-23-26-15-19-8-11-21(34(2,32)33)14-22(19)28-23/h6-11,14-15,17H,3-5,12-13,16H2,1-2H3,(H,27,30)/t17-/m0/s1. The van der Waals surface area contributed by atoms with E-state index in [0.29, 0.717) is 48.5 Å². The third-order valence-corrected chi connectivity index (χ3v) is 7.16. The first kappa shape index (κ1) is 23.8. The number of sulfone groups is 1. The van der Waals surface area contributed by atoms with Gasteiger partial charge < -0.3 is 10.2 Å². The molecule has 0 spiro atoms. The molecule has 1 fully saturated rings. The number of likely N-dealkylation sites (tertiary alicyclic amines) is 1. The molecule has 2 aromatic carbocycles. The number of anilines is 1. The Labute approximate surface area is 199 Å². The highest BCUT2D eigenvalue weighted by Gasteiger charge is 2.25. The van der Waals surface area contributed by atoms with E-state index in [4.69, 9.17) is 0 Å². The molecular formula is C25H28N4O4S. The first-order valence-corrected chi connectivity index (χ1v) is 13.3. The molecule has 3 aromatic rings. The minimum Gasteiger partial charge on any atom is -0.338 e. The van der Waals surface area contributed by atoms with E-state index in [9.17, 15) is 18.0 Å². The summed E-state index contributed by atoms with van der Waals surface area (Å²) in [7, 11) is -3.31. The van der Waals surface area contributed by atoms with Crippen molar-refractivity contribution in [1.82, 2.24) is 14.9 Å². The number of amides is 2. The fraction of sp³-hybridized carbons (Fsp3) is 0.360. The lowest BCUT2D eigenvalue weighted by Crippen LogP contribution is -2.40. The third-order valence-electron chi connectivity index (χ3n) is 6.05. The van der Waals surface area contributed by atoms with Gasteiger partial charge in [-0.2, -0.15) is 0 Å². The van der Waals surface area contributed by atoms with Crippen molar-refractivity contribution in [3.05, 3.63) is 60.0 Å². The Kier molecular flexibility index (Phi) is 6.92. The Morgan fingerprint density at radius 2 is 1.91 bits per heavy atom. The zero-order chi connectivity index (χ0) is 24.3. The summed E-state index contributed by atoms with van der Waals surface area (Å²) in [4.78, 5) is 35.7. The third kappa shape index (κ3) is 5.59. The molecule has 178 valence electrons. The van der Waals surface area contributed by atoms with Gasteiger partial charge in [-0.3, -0.25) is 9.59 Å². The summed E-state index contributed by atoms with van der Waals surface area (Å²) in [6, 6.07) is 11.8. The predicted molar refractivity (Wildman–Crippen MR) is 130 cm³/mol. The number of rotatable bonds is 6. The number of hydrogen-bond donors (Lipinski definition) is 1. The molecule has 0 saturated carbocycles. The maximum absolute atomic E-state index is 13.0. The van der Waals surface area contributed by atoms with Gasteiger partial charge in [0.25, 0.3) is 5.91 Å². The van der Waals surface area contributed by atoms with E-state index in [1.54, 1.807) is 55.6 Å². The predicted octanol–water partition coefficient (Wildman–Crippen LogP) is 3.48. The van der Waals surface area contributed by atoms with Crippen molar-refractivity contribution in [2.24, 2.45) is 5.92 Å². The largest absolute Gasteiger partial charge is 0.338 e. The molecular weight excluding hydrogens is 452 g/mol. The monoisotopic (exact) mass is 480 g/mol. The Balaban J connectivity index is 1.44. The van der Waals surface area contributed by atoms with Gasteiger partial charge in [-0.15, -0.1) is 0 Å². The molecule has 0 unspecified atom stereocenters. The molecule has 2 amide bonds. The zero-order valence-electron chi connectivity index (χ0n) is 19.3. The van der Waals surface area contributed by atoms with Gasteiger partial charge >= 0.3 is 0 Å². The lowest BCUT2D eigenvalue weighted by Gasteiger charge is -2.32. The number of nitrogens with zero attached hydrogens (tertiary/aromatic N) is 3. The number of fused-ring (bicyclic) bond motifs is 1. The molecule has 1 aliphatic heterocycles. The Bertz CT molecular complexity index is 1320. The molecule has 0 aliphatic carbocycles. The van der Waals surface area contributed by atoms with Crippen molar-refractivity contribution in [3.8, 4) is 0 Å². The minimum atomic E-state index is -3.31. The maximum Gasteiger partial charge on any atom is 0.253 e. The second kappa shape index (κ2) is 9.89. The van der Waals surface area contributed by atoms with Crippen LogP contribution in [-0.2, 0) is 21.1 Å². The van der Waals surface area contributed by atoms with Crippen LogP contribution in [0.2, 0.25) is 0 Å². The van der Waals surface area contributed by atoms with Crippen LogP contribution in [0, 0.1) is 5.92 Å². The van der Waals surface area contributed by atoms with Crippen LogP contribution in [0.3, 0.4) is 0 Å². The van der Waals surface area contributed by atoms with Crippen LogP contribution in [0.15, 0.2) is 53.6 Å². The highest BCUT2D eigenvalue weighted by atomic mass is 32.2. The van der Waals surface area contributed by atoms with E-state index in [1.807, 2.05) is 4.90 Å². The average molecular weight is 481 g/mol. The molecule has 4 rings (SSSR count). The summed E-state index contributed by atoms with van der Waals surface area (Å²) in [5, 5.41) is 3.57. The molecule has 1 saturated heterocycles. The number of piperidine rings is 1. The molecule has 9 heteroatoms. The van der Waals surface area contributed by atoms with Crippen LogP contribution in [-0.4, -0.2) is 54.4 Å². The van der Waals surface area contributed by atoms with Gasteiger partial charge in [-0.1, -0.05) is 6.92 Å². The lowest BCUT2D eigenvalue weighted by molar-refractivity contribution is -0.115. The molecule has 0 bridgehead atoms. The average Bonchev–Trinajstić information content (AvgIpc) is 2.83. The van der Waals surface area contributed by atoms with Gasteiger partial charge in [-0.05, 0) is 61.2 Å². The van der Waals surface area contributed by atoms with E-state index in [2.05, 4.69) is 15.3 Å². The number of carbonyl (C=O) groups excluding carboxylic acids is 2. The van der Waals surface area contributed by atoms with Crippen LogP contribution >= 0.6 is 0 Å². The normalized spacial score (nSPS) is 16.4. The fourth-order valence-corrected chi connectivity index (χ4v) is 4.81. The molecule has 1 atom stereocenters. The Morgan fingerprint density at radius 3 is 2.62 bits per heavy atom. The fourth-order valence-electron chi connectivity index (χ4n) is 4.17. The zero-order valence-corrected chi connectivity index (χ0v) is 20.1. The quantitative estimate of drug-likeness (QED) is 0.579. The highest BCUT2D eigenvalue weighted by Crippen LogP contribution is 2.23. The summed E-state index contributed by atoms with van der Waals surface area (Å²) in [5.41, 5.74) is 1.87. The van der Waals surface area contributed by atoms with E-state index >= 15 is 0 Å². The van der Waals surface area contributed by atoms with Crippen LogP contribution in [0.4, 0.5) is 5.69 Å². The second-order valence-electron chi connectivity index (χ2n) is 8.72. The highest BCUT2D eigenvalue weighted by molar-refractivity contribution is 7.90. The summed E-state index contributed by atoms with van der Waals surface area (Å²) in [5.74, 6) is 0.765. The number of aromatic nitrogens is 2. The topological polar surface area (TPSA) is 109 Å². The van der Waals surface area contributed by atoms with Crippen LogP contribution in [0.25, 0.3) is 10.9 Å². The van der Waals surface area contributed by atoms with E-state index in [0.717, 1.165) is 18.2 Å². The number of carbonyl (C=O) groups is 2. The summed E-state index contributed by atoms with van der Waals surface area (Å²) >= 11 is 0. The van der Waals surface area contributed by atoms with E-state index in [-0.39, 0.29) is 22.6 Å². The van der Waals surface area contributed by atoms with Gasteiger partial charge in [0.05, 0.1) is 10.4 Å². The first-order valence-electron chi connectivity index (χ1n) is 11.4. The smallest absolute Gasteiger partial charge is 0.253 e. The van der Waals surface area contributed by atoms with Crippen molar-refractivity contribution in [2.45, 2.75) is 37.5 Å². The summed E-state index contributed by atoms with van der Waals surface area (Å²) < 4.78 is 23.8. The van der Waals surface area contributed by atoms with Crippen molar-refractivity contribution in [2.75, 3.05) is 24.7 Å². The molecule has 2 heterocycles. The van der Waals surface area contributed by atoms with Crippen molar-refractivity contribution >= 4 is 38.2 Å². The number of benzene rings is 2. The SMILES string of the molecule is CCC(=O)Nc1ccc(C(=O)N2CCC[C@@H](Cc3ncc4ccc(S(C)(=O)=O)cc4n3)C2)cc1.